The molecule has 100 valence electrons. The van der Waals surface area contributed by atoms with Gasteiger partial charge < -0.3 is 0 Å². The van der Waals surface area contributed by atoms with Crippen LogP contribution in [0, 0.1) is 11.6 Å². The Hall–Kier alpha value is -2.49. The molecular weight excluding hydrogens is 258 g/mol. The average Bonchev–Trinajstić information content (AvgIpc) is 2.87. The number of halogens is 2. The molecule has 1 heterocycles. The number of aromatic nitrogens is 2. The van der Waals surface area contributed by atoms with Crippen LogP contribution in [0.4, 0.5) is 8.78 Å². The van der Waals surface area contributed by atoms with Crippen molar-refractivity contribution in [1.82, 2.24) is 9.78 Å². The SMILES string of the molecule is Fc1cc(F)cc(Cc2ccn(-c3ccccc3)n2)c1. The lowest BCUT2D eigenvalue weighted by Gasteiger charge is -2.01. The fraction of sp³-hybridized carbons (Fsp3) is 0.0625. The highest BCUT2D eigenvalue weighted by Gasteiger charge is 2.05. The fourth-order valence-electron chi connectivity index (χ4n) is 2.10. The van der Waals surface area contributed by atoms with Crippen LogP contribution in [0.2, 0.25) is 0 Å². The second kappa shape index (κ2) is 5.25. The van der Waals surface area contributed by atoms with Gasteiger partial charge in [-0.15, -0.1) is 0 Å². The lowest BCUT2D eigenvalue weighted by atomic mass is 10.1. The quantitative estimate of drug-likeness (QED) is 0.709. The summed E-state index contributed by atoms with van der Waals surface area (Å²) in [6.45, 7) is 0. The van der Waals surface area contributed by atoms with Crippen LogP contribution in [0.5, 0.6) is 0 Å². The van der Waals surface area contributed by atoms with Crippen molar-refractivity contribution in [2.45, 2.75) is 6.42 Å². The van der Waals surface area contributed by atoms with E-state index in [2.05, 4.69) is 5.10 Å². The minimum absolute atomic E-state index is 0.397. The van der Waals surface area contributed by atoms with Gasteiger partial charge >= 0.3 is 0 Å². The van der Waals surface area contributed by atoms with Gasteiger partial charge in [-0.2, -0.15) is 5.10 Å². The van der Waals surface area contributed by atoms with Crippen molar-refractivity contribution in [3.8, 4) is 5.69 Å². The van der Waals surface area contributed by atoms with Crippen LogP contribution in [-0.4, -0.2) is 9.78 Å². The van der Waals surface area contributed by atoms with E-state index in [9.17, 15) is 8.78 Å². The van der Waals surface area contributed by atoms with E-state index in [1.54, 1.807) is 4.68 Å². The standard InChI is InChI=1S/C16H12F2N2/c17-13-8-12(9-14(18)11-13)10-15-6-7-20(19-15)16-4-2-1-3-5-16/h1-9,11H,10H2. The monoisotopic (exact) mass is 270 g/mol. The molecule has 0 atom stereocenters. The summed E-state index contributed by atoms with van der Waals surface area (Å²) < 4.78 is 28.0. The molecule has 0 bridgehead atoms. The number of hydrogen-bond donors (Lipinski definition) is 0. The molecule has 0 fully saturated rings. The minimum Gasteiger partial charge on any atom is -0.241 e. The van der Waals surface area contributed by atoms with Gasteiger partial charge in [-0.05, 0) is 35.9 Å². The molecule has 3 rings (SSSR count). The number of hydrogen-bond acceptors (Lipinski definition) is 1. The zero-order valence-corrected chi connectivity index (χ0v) is 10.6. The maximum absolute atomic E-state index is 13.1. The van der Waals surface area contributed by atoms with E-state index in [1.165, 1.54) is 12.1 Å². The number of benzene rings is 2. The van der Waals surface area contributed by atoms with E-state index in [-0.39, 0.29) is 0 Å². The molecule has 0 saturated heterocycles. The van der Waals surface area contributed by atoms with E-state index < -0.39 is 11.6 Å². The first-order valence-electron chi connectivity index (χ1n) is 6.26. The summed E-state index contributed by atoms with van der Waals surface area (Å²) in [7, 11) is 0. The van der Waals surface area contributed by atoms with Crippen molar-refractivity contribution >= 4 is 0 Å². The zero-order valence-electron chi connectivity index (χ0n) is 10.6. The van der Waals surface area contributed by atoms with Crippen LogP contribution < -0.4 is 0 Å². The van der Waals surface area contributed by atoms with E-state index in [0.717, 1.165) is 17.4 Å². The number of nitrogens with zero attached hydrogens (tertiary/aromatic N) is 2. The van der Waals surface area contributed by atoms with Crippen molar-refractivity contribution in [3.05, 3.63) is 83.7 Å². The predicted molar refractivity (Wildman–Crippen MR) is 72.7 cm³/mol. The second-order valence-electron chi connectivity index (χ2n) is 4.54. The van der Waals surface area contributed by atoms with E-state index in [0.29, 0.717) is 12.0 Å². The Morgan fingerprint density at radius 1 is 0.900 bits per heavy atom. The topological polar surface area (TPSA) is 17.8 Å². The highest BCUT2D eigenvalue weighted by molar-refractivity contribution is 5.31. The van der Waals surface area contributed by atoms with Crippen molar-refractivity contribution in [1.29, 1.82) is 0 Å². The molecule has 2 nitrogen and oxygen atoms in total. The molecule has 3 aromatic rings. The maximum Gasteiger partial charge on any atom is 0.126 e. The van der Waals surface area contributed by atoms with Gasteiger partial charge in [0.15, 0.2) is 0 Å². The first-order valence-corrected chi connectivity index (χ1v) is 6.26. The Labute approximate surface area is 115 Å². The van der Waals surface area contributed by atoms with Gasteiger partial charge in [0.2, 0.25) is 0 Å². The Morgan fingerprint density at radius 3 is 2.30 bits per heavy atom. The Bertz CT molecular complexity index is 700. The third kappa shape index (κ3) is 2.74. The molecular formula is C16H12F2N2. The Balaban J connectivity index is 1.84. The molecule has 0 saturated carbocycles. The van der Waals surface area contributed by atoms with Crippen molar-refractivity contribution in [2.75, 3.05) is 0 Å². The van der Waals surface area contributed by atoms with Gasteiger partial charge in [-0.25, -0.2) is 13.5 Å². The van der Waals surface area contributed by atoms with Gasteiger partial charge in [0.1, 0.15) is 11.6 Å². The molecule has 0 spiro atoms. The van der Waals surface area contributed by atoms with Gasteiger partial charge in [0, 0.05) is 18.7 Å². The largest absolute Gasteiger partial charge is 0.241 e. The van der Waals surface area contributed by atoms with Crippen LogP contribution in [0.1, 0.15) is 11.3 Å². The first-order chi connectivity index (χ1) is 9.70. The summed E-state index contributed by atoms with van der Waals surface area (Å²) >= 11 is 0. The molecule has 0 unspecified atom stereocenters. The third-order valence-electron chi connectivity index (χ3n) is 2.97. The van der Waals surface area contributed by atoms with Crippen LogP contribution in [0.15, 0.2) is 60.8 Å². The van der Waals surface area contributed by atoms with E-state index in [4.69, 9.17) is 0 Å². The van der Waals surface area contributed by atoms with Crippen molar-refractivity contribution in [3.63, 3.8) is 0 Å². The first kappa shape index (κ1) is 12.5. The molecule has 0 aliphatic carbocycles. The van der Waals surface area contributed by atoms with E-state index >= 15 is 0 Å². The summed E-state index contributed by atoms with van der Waals surface area (Å²) in [5.74, 6) is -1.13. The highest BCUT2D eigenvalue weighted by Crippen LogP contribution is 2.13. The Kier molecular flexibility index (Phi) is 3.29. The summed E-state index contributed by atoms with van der Waals surface area (Å²) in [5, 5.41) is 4.41. The molecule has 0 aliphatic heterocycles. The van der Waals surface area contributed by atoms with Gasteiger partial charge in [0.05, 0.1) is 11.4 Å². The molecule has 1 aromatic heterocycles. The lowest BCUT2D eigenvalue weighted by molar-refractivity contribution is 0.580. The average molecular weight is 270 g/mol. The molecule has 0 N–H and O–H groups in total. The Morgan fingerprint density at radius 2 is 1.60 bits per heavy atom. The second-order valence-corrected chi connectivity index (χ2v) is 4.54. The number of para-hydroxylation sites is 1. The lowest BCUT2D eigenvalue weighted by Crippen LogP contribution is -1.97. The highest BCUT2D eigenvalue weighted by atomic mass is 19.1. The maximum atomic E-state index is 13.1. The summed E-state index contributed by atoms with van der Waals surface area (Å²) in [5.41, 5.74) is 2.28. The summed E-state index contributed by atoms with van der Waals surface area (Å²) in [6, 6.07) is 15.0. The van der Waals surface area contributed by atoms with Crippen LogP contribution in [0.3, 0.4) is 0 Å². The molecule has 4 heteroatoms. The van der Waals surface area contributed by atoms with Crippen molar-refractivity contribution in [2.24, 2.45) is 0 Å². The summed E-state index contributed by atoms with van der Waals surface area (Å²) in [6.07, 6.45) is 2.23. The third-order valence-corrected chi connectivity index (χ3v) is 2.97. The predicted octanol–water partition coefficient (Wildman–Crippen LogP) is 3.74. The normalized spacial score (nSPS) is 10.7. The molecule has 2 aromatic carbocycles. The summed E-state index contributed by atoms with van der Waals surface area (Å²) in [4.78, 5) is 0. The minimum atomic E-state index is -0.567. The molecule has 20 heavy (non-hydrogen) atoms. The van der Waals surface area contributed by atoms with Gasteiger partial charge in [0.25, 0.3) is 0 Å². The van der Waals surface area contributed by atoms with Gasteiger partial charge in [-0.3, -0.25) is 0 Å². The smallest absolute Gasteiger partial charge is 0.126 e. The number of rotatable bonds is 3. The molecule has 0 amide bonds. The van der Waals surface area contributed by atoms with E-state index in [1.807, 2.05) is 42.6 Å². The molecule has 0 radical (unpaired) electrons. The molecule has 0 aliphatic rings. The van der Waals surface area contributed by atoms with Crippen molar-refractivity contribution < 1.29 is 8.78 Å². The fourth-order valence-corrected chi connectivity index (χ4v) is 2.10. The zero-order chi connectivity index (χ0) is 13.9. The van der Waals surface area contributed by atoms with Crippen LogP contribution in [0.25, 0.3) is 5.69 Å². The van der Waals surface area contributed by atoms with Crippen LogP contribution in [-0.2, 0) is 6.42 Å². The van der Waals surface area contributed by atoms with Gasteiger partial charge in [-0.1, -0.05) is 18.2 Å². The van der Waals surface area contributed by atoms with Crippen LogP contribution >= 0.6 is 0 Å².